The van der Waals surface area contributed by atoms with Crippen molar-refractivity contribution in [1.82, 2.24) is 15.2 Å². The highest BCUT2D eigenvalue weighted by Gasteiger charge is 2.19. The second-order valence-corrected chi connectivity index (χ2v) is 5.78. The van der Waals surface area contributed by atoms with Crippen LogP contribution < -0.4 is 5.59 Å². The zero-order valence-corrected chi connectivity index (χ0v) is 13.8. The van der Waals surface area contributed by atoms with E-state index in [-0.39, 0.29) is 11.4 Å². The average molecular weight is 337 g/mol. The van der Waals surface area contributed by atoms with Gasteiger partial charge in [-0.2, -0.15) is 10.2 Å². The number of halogens is 1. The molecule has 3 nitrogen and oxygen atoms in total. The Hall–Kier alpha value is -3.34. The predicted molar refractivity (Wildman–Crippen MR) is 101 cm³/mol. The lowest BCUT2D eigenvalue weighted by Gasteiger charge is -2.16. The fourth-order valence-corrected chi connectivity index (χ4v) is 2.94. The van der Waals surface area contributed by atoms with Gasteiger partial charge < -0.3 is 0 Å². The summed E-state index contributed by atoms with van der Waals surface area (Å²) in [5.74, 6) is -0.334. The van der Waals surface area contributed by atoms with Crippen LogP contribution in [0.25, 0.3) is 33.6 Å². The molecule has 0 bridgehead atoms. The van der Waals surface area contributed by atoms with Crippen LogP contribution in [0, 0.1) is 5.82 Å². The van der Waals surface area contributed by atoms with Crippen LogP contribution >= 0.6 is 0 Å². The number of aromatic nitrogens is 3. The molecular formula is C21H13BFN3. The SMILES string of the molecule is [B]c1nnc(-c2cccc(F)c2)c(-c2ccccc2)c1-c1ccccn1. The molecule has 0 aliphatic heterocycles. The normalized spacial score (nSPS) is 10.7. The topological polar surface area (TPSA) is 38.7 Å². The third-order valence-corrected chi connectivity index (χ3v) is 4.08. The summed E-state index contributed by atoms with van der Waals surface area (Å²) in [6.07, 6.45) is 1.70. The Morgan fingerprint density at radius 2 is 1.50 bits per heavy atom. The van der Waals surface area contributed by atoms with Crippen molar-refractivity contribution < 1.29 is 4.39 Å². The largest absolute Gasteiger partial charge is 0.256 e. The minimum atomic E-state index is -0.334. The summed E-state index contributed by atoms with van der Waals surface area (Å²) in [5.41, 5.74) is 4.54. The lowest BCUT2D eigenvalue weighted by Crippen LogP contribution is -2.17. The molecule has 0 fully saturated rings. The molecule has 0 aliphatic carbocycles. The van der Waals surface area contributed by atoms with Crippen molar-refractivity contribution in [3.63, 3.8) is 0 Å². The molecule has 122 valence electrons. The third-order valence-electron chi connectivity index (χ3n) is 4.08. The summed E-state index contributed by atoms with van der Waals surface area (Å²) in [6, 6.07) is 21.6. The Morgan fingerprint density at radius 1 is 0.731 bits per heavy atom. The van der Waals surface area contributed by atoms with Crippen molar-refractivity contribution in [2.45, 2.75) is 0 Å². The van der Waals surface area contributed by atoms with E-state index in [1.165, 1.54) is 12.1 Å². The van der Waals surface area contributed by atoms with E-state index in [2.05, 4.69) is 15.2 Å². The van der Waals surface area contributed by atoms with Crippen LogP contribution in [-0.2, 0) is 0 Å². The van der Waals surface area contributed by atoms with Crippen molar-refractivity contribution in [2.75, 3.05) is 0 Å². The Bertz CT molecular complexity index is 1050. The summed E-state index contributed by atoms with van der Waals surface area (Å²) in [5, 5.41) is 8.40. The van der Waals surface area contributed by atoms with Crippen LogP contribution in [0.5, 0.6) is 0 Å². The summed E-state index contributed by atoms with van der Waals surface area (Å²) in [7, 11) is 6.18. The van der Waals surface area contributed by atoms with E-state index >= 15 is 0 Å². The molecule has 0 unspecified atom stereocenters. The third kappa shape index (κ3) is 2.99. The van der Waals surface area contributed by atoms with Crippen molar-refractivity contribution in [1.29, 1.82) is 0 Å². The monoisotopic (exact) mass is 337 g/mol. The number of benzene rings is 2. The van der Waals surface area contributed by atoms with Crippen molar-refractivity contribution >= 4 is 13.4 Å². The Balaban J connectivity index is 2.08. The average Bonchev–Trinajstić information content (AvgIpc) is 2.69. The summed E-state index contributed by atoms with van der Waals surface area (Å²) in [4.78, 5) is 4.43. The standard InChI is InChI=1S/C21H13BFN3/c22-21-19(17-11-4-5-12-24-17)18(14-7-2-1-3-8-14)20(25-26-21)15-9-6-10-16(23)13-15/h1-13H. The first-order chi connectivity index (χ1) is 12.7. The van der Waals surface area contributed by atoms with Gasteiger partial charge in [0.25, 0.3) is 0 Å². The van der Waals surface area contributed by atoms with E-state index < -0.39 is 0 Å². The lowest BCUT2D eigenvalue weighted by atomic mass is 9.87. The number of nitrogens with zero attached hydrogens (tertiary/aromatic N) is 3. The maximum absolute atomic E-state index is 13.8. The first kappa shape index (κ1) is 16.2. The van der Waals surface area contributed by atoms with Crippen LogP contribution in [0.4, 0.5) is 4.39 Å². The molecule has 0 N–H and O–H groups in total. The van der Waals surface area contributed by atoms with Gasteiger partial charge in [0.05, 0.1) is 5.69 Å². The van der Waals surface area contributed by atoms with Crippen LogP contribution in [0.3, 0.4) is 0 Å². The van der Waals surface area contributed by atoms with Gasteiger partial charge in [0.15, 0.2) is 0 Å². The quantitative estimate of drug-likeness (QED) is 0.534. The van der Waals surface area contributed by atoms with E-state index in [4.69, 9.17) is 7.85 Å². The molecule has 5 heteroatoms. The van der Waals surface area contributed by atoms with Crippen LogP contribution in [0.15, 0.2) is 79.0 Å². The molecule has 2 aromatic carbocycles. The lowest BCUT2D eigenvalue weighted by molar-refractivity contribution is 0.628. The Labute approximate surface area is 152 Å². The molecule has 26 heavy (non-hydrogen) atoms. The molecule has 0 saturated carbocycles. The summed E-state index contributed by atoms with van der Waals surface area (Å²) >= 11 is 0. The first-order valence-electron chi connectivity index (χ1n) is 8.13. The summed E-state index contributed by atoms with van der Waals surface area (Å²) in [6.45, 7) is 0. The second kappa shape index (κ2) is 6.88. The maximum Gasteiger partial charge on any atom is 0.145 e. The molecule has 0 amide bonds. The van der Waals surface area contributed by atoms with Gasteiger partial charge in [-0.05, 0) is 29.8 Å². The van der Waals surface area contributed by atoms with Crippen LogP contribution in [-0.4, -0.2) is 23.0 Å². The van der Waals surface area contributed by atoms with E-state index in [1.807, 2.05) is 48.5 Å². The fraction of sp³-hybridized carbons (Fsp3) is 0. The van der Waals surface area contributed by atoms with E-state index in [9.17, 15) is 4.39 Å². The summed E-state index contributed by atoms with van der Waals surface area (Å²) < 4.78 is 13.8. The number of hydrogen-bond donors (Lipinski definition) is 0. The zero-order valence-electron chi connectivity index (χ0n) is 13.8. The smallest absolute Gasteiger partial charge is 0.145 e. The van der Waals surface area contributed by atoms with Gasteiger partial charge in [-0.25, -0.2) is 4.39 Å². The highest BCUT2D eigenvalue weighted by molar-refractivity contribution is 6.35. The zero-order chi connectivity index (χ0) is 17.9. The molecular weight excluding hydrogens is 324 g/mol. The molecule has 2 radical (unpaired) electrons. The van der Waals surface area contributed by atoms with Gasteiger partial charge >= 0.3 is 0 Å². The predicted octanol–water partition coefficient (Wildman–Crippen LogP) is 3.81. The highest BCUT2D eigenvalue weighted by atomic mass is 19.1. The molecule has 2 heterocycles. The van der Waals surface area contributed by atoms with Gasteiger partial charge in [-0.3, -0.25) is 4.98 Å². The number of rotatable bonds is 3. The molecule has 0 atom stereocenters. The van der Waals surface area contributed by atoms with E-state index in [0.29, 0.717) is 22.5 Å². The molecule has 2 aromatic heterocycles. The minimum absolute atomic E-state index is 0.280. The molecule has 4 aromatic rings. The van der Waals surface area contributed by atoms with Crippen molar-refractivity contribution in [3.8, 4) is 33.6 Å². The van der Waals surface area contributed by atoms with Gasteiger partial charge in [0, 0.05) is 28.5 Å². The second-order valence-electron chi connectivity index (χ2n) is 5.78. The van der Waals surface area contributed by atoms with Gasteiger partial charge in [0.1, 0.15) is 19.4 Å². The Kier molecular flexibility index (Phi) is 4.28. The first-order valence-corrected chi connectivity index (χ1v) is 8.13. The Morgan fingerprint density at radius 3 is 2.23 bits per heavy atom. The van der Waals surface area contributed by atoms with E-state index in [0.717, 1.165) is 11.1 Å². The minimum Gasteiger partial charge on any atom is -0.256 e. The van der Waals surface area contributed by atoms with Crippen LogP contribution in [0.1, 0.15) is 0 Å². The molecule has 4 rings (SSSR count). The van der Waals surface area contributed by atoms with Crippen LogP contribution in [0.2, 0.25) is 0 Å². The fourth-order valence-electron chi connectivity index (χ4n) is 2.94. The number of hydrogen-bond acceptors (Lipinski definition) is 3. The molecule has 0 saturated heterocycles. The van der Waals surface area contributed by atoms with Crippen molar-refractivity contribution in [3.05, 3.63) is 84.8 Å². The van der Waals surface area contributed by atoms with E-state index in [1.54, 1.807) is 18.3 Å². The number of pyridine rings is 1. The molecule has 0 spiro atoms. The molecule has 0 aliphatic rings. The maximum atomic E-state index is 13.8. The van der Waals surface area contributed by atoms with Gasteiger partial charge in [-0.1, -0.05) is 48.5 Å². The van der Waals surface area contributed by atoms with Gasteiger partial charge in [0.2, 0.25) is 0 Å². The van der Waals surface area contributed by atoms with Crippen molar-refractivity contribution in [2.24, 2.45) is 0 Å². The van der Waals surface area contributed by atoms with Gasteiger partial charge in [-0.15, -0.1) is 0 Å². The highest BCUT2D eigenvalue weighted by Crippen LogP contribution is 2.36.